The lowest BCUT2D eigenvalue weighted by Gasteiger charge is -2.18. The van der Waals surface area contributed by atoms with Crippen molar-refractivity contribution < 1.29 is 28.6 Å². The molecule has 0 saturated heterocycles. The van der Waals surface area contributed by atoms with Crippen LogP contribution < -0.4 is 0 Å². The van der Waals surface area contributed by atoms with Crippen LogP contribution in [0.4, 0.5) is 0 Å². The number of rotatable bonds is 50. The second-order valence-electron chi connectivity index (χ2n) is 18.5. The Morgan fingerprint density at radius 1 is 0.314 bits per heavy atom. The maximum Gasteiger partial charge on any atom is 0.306 e. The van der Waals surface area contributed by atoms with Crippen LogP contribution >= 0.6 is 0 Å². The number of esters is 3. The summed E-state index contributed by atoms with van der Waals surface area (Å²) in [7, 11) is 0. The van der Waals surface area contributed by atoms with Gasteiger partial charge in [-0.2, -0.15) is 0 Å². The molecule has 396 valence electrons. The first-order valence-electron chi connectivity index (χ1n) is 28.6. The Balaban J connectivity index is 4.53. The lowest BCUT2D eigenvalue weighted by atomic mass is 10.1. The van der Waals surface area contributed by atoms with E-state index in [0.717, 1.165) is 96.3 Å². The summed E-state index contributed by atoms with van der Waals surface area (Å²) in [6.45, 7) is 6.39. The van der Waals surface area contributed by atoms with Gasteiger partial charge in [-0.05, 0) is 122 Å². The molecule has 0 saturated carbocycles. The van der Waals surface area contributed by atoms with Crippen molar-refractivity contribution in [3.8, 4) is 0 Å². The first kappa shape index (κ1) is 65.8. The second kappa shape index (κ2) is 57.4. The van der Waals surface area contributed by atoms with Gasteiger partial charge in [0.2, 0.25) is 0 Å². The zero-order valence-electron chi connectivity index (χ0n) is 45.2. The first-order valence-corrected chi connectivity index (χ1v) is 28.6. The van der Waals surface area contributed by atoms with Crippen LogP contribution in [0, 0.1) is 0 Å². The molecule has 0 N–H and O–H groups in total. The highest BCUT2D eigenvalue weighted by Crippen LogP contribution is 2.14. The maximum absolute atomic E-state index is 12.8. The van der Waals surface area contributed by atoms with Gasteiger partial charge >= 0.3 is 17.9 Å². The summed E-state index contributed by atoms with van der Waals surface area (Å²) in [5.41, 5.74) is 0. The van der Waals surface area contributed by atoms with Gasteiger partial charge in [-0.25, -0.2) is 0 Å². The molecule has 0 amide bonds. The summed E-state index contributed by atoms with van der Waals surface area (Å²) in [5.74, 6) is -1.01. The standard InChI is InChI=1S/C64H104O6/c1-4-7-10-13-16-19-22-25-28-31-32-34-36-39-42-45-48-51-54-57-63(66)69-60-61(59-68-62(65)56-53-50-47-44-41-38-35-30-27-24-21-18-15-12-9-6-3)70-64(67)58-55-52-49-46-43-40-37-33-29-26-23-20-17-14-11-8-5-2/h9,12,16-22,25-27,29-30,37-38,40-41,46,49,61H,4-8,10-11,13-15,23-24,28,31-36,39,42-45,47-48,50-60H2,1-3H3/b12-9-,19-16-,20-17-,21-18-,25-22-,29-26-,30-27-,40-37-,41-38-,49-46-. The largest absolute Gasteiger partial charge is 0.462 e. The van der Waals surface area contributed by atoms with Crippen LogP contribution in [0.2, 0.25) is 0 Å². The predicted octanol–water partition coefficient (Wildman–Crippen LogP) is 19.3. The number of unbranched alkanes of at least 4 members (excludes halogenated alkanes) is 20. The Morgan fingerprint density at radius 2 is 0.614 bits per heavy atom. The molecular formula is C64H104O6. The third-order valence-electron chi connectivity index (χ3n) is 11.7. The fourth-order valence-corrected chi connectivity index (χ4v) is 7.42. The third-order valence-corrected chi connectivity index (χ3v) is 11.7. The Morgan fingerprint density at radius 3 is 1.01 bits per heavy atom. The summed E-state index contributed by atoms with van der Waals surface area (Å²) in [5, 5.41) is 0. The quantitative estimate of drug-likeness (QED) is 0.0199. The summed E-state index contributed by atoms with van der Waals surface area (Å²) in [6, 6.07) is 0. The highest BCUT2D eigenvalue weighted by molar-refractivity contribution is 5.71. The van der Waals surface area contributed by atoms with Crippen molar-refractivity contribution >= 4 is 17.9 Å². The van der Waals surface area contributed by atoms with E-state index in [9.17, 15) is 14.4 Å². The van der Waals surface area contributed by atoms with E-state index in [2.05, 4.69) is 142 Å². The van der Waals surface area contributed by atoms with Gasteiger partial charge in [0, 0.05) is 19.3 Å². The normalized spacial score (nSPS) is 13.0. The highest BCUT2D eigenvalue weighted by atomic mass is 16.6. The van der Waals surface area contributed by atoms with Gasteiger partial charge in [-0.1, -0.05) is 226 Å². The first-order chi connectivity index (χ1) is 34.5. The molecule has 6 nitrogen and oxygen atoms in total. The Labute approximate surface area is 431 Å². The van der Waals surface area contributed by atoms with Crippen molar-refractivity contribution in [2.24, 2.45) is 0 Å². The Kier molecular flexibility index (Phi) is 54.0. The van der Waals surface area contributed by atoms with Gasteiger partial charge in [-0.3, -0.25) is 14.4 Å². The van der Waals surface area contributed by atoms with Crippen LogP contribution in [0.1, 0.15) is 245 Å². The van der Waals surface area contributed by atoms with E-state index in [0.29, 0.717) is 19.3 Å². The van der Waals surface area contributed by atoms with Gasteiger partial charge in [0.15, 0.2) is 6.10 Å². The van der Waals surface area contributed by atoms with Crippen LogP contribution in [0.3, 0.4) is 0 Å². The van der Waals surface area contributed by atoms with Crippen LogP contribution in [0.15, 0.2) is 122 Å². The molecule has 70 heavy (non-hydrogen) atoms. The summed E-state index contributed by atoms with van der Waals surface area (Å²) in [6.07, 6.45) is 79.0. The smallest absolute Gasteiger partial charge is 0.306 e. The summed E-state index contributed by atoms with van der Waals surface area (Å²) in [4.78, 5) is 38.1. The van der Waals surface area contributed by atoms with E-state index < -0.39 is 6.10 Å². The van der Waals surface area contributed by atoms with Crippen LogP contribution in [0.5, 0.6) is 0 Å². The van der Waals surface area contributed by atoms with Gasteiger partial charge in [0.1, 0.15) is 13.2 Å². The molecule has 0 radical (unpaired) electrons. The summed E-state index contributed by atoms with van der Waals surface area (Å²) >= 11 is 0. The molecule has 0 aromatic heterocycles. The number of ether oxygens (including phenoxy) is 3. The summed E-state index contributed by atoms with van der Waals surface area (Å²) < 4.78 is 16.8. The van der Waals surface area contributed by atoms with Crippen molar-refractivity contribution in [1.82, 2.24) is 0 Å². The number of hydrogen-bond acceptors (Lipinski definition) is 6. The van der Waals surface area contributed by atoms with E-state index in [-0.39, 0.29) is 37.5 Å². The minimum absolute atomic E-state index is 0.115. The zero-order chi connectivity index (χ0) is 50.7. The molecule has 1 unspecified atom stereocenters. The molecule has 0 rings (SSSR count). The van der Waals surface area contributed by atoms with Crippen molar-refractivity contribution in [2.45, 2.75) is 252 Å². The zero-order valence-corrected chi connectivity index (χ0v) is 45.2. The second-order valence-corrected chi connectivity index (χ2v) is 18.5. The molecule has 0 heterocycles. The average Bonchev–Trinajstić information content (AvgIpc) is 3.36. The van der Waals surface area contributed by atoms with E-state index in [4.69, 9.17) is 14.2 Å². The molecule has 0 spiro atoms. The number of allylic oxidation sites excluding steroid dienone is 20. The number of carbonyl (C=O) groups excluding carboxylic acids is 3. The number of carbonyl (C=O) groups is 3. The van der Waals surface area contributed by atoms with Gasteiger partial charge in [0.05, 0.1) is 0 Å². The molecule has 0 bridgehead atoms. The van der Waals surface area contributed by atoms with Crippen molar-refractivity contribution in [3.05, 3.63) is 122 Å². The van der Waals surface area contributed by atoms with E-state index in [1.165, 1.54) is 103 Å². The number of hydrogen-bond donors (Lipinski definition) is 0. The SMILES string of the molecule is CC/C=C\C/C=C\C/C=C\C/C=C\CCCCCC(=O)OCC(COC(=O)CCCCCCCCCCCC/C=C\C=C/CCCCC)OC(=O)CCC/C=C\C/C=C\C/C=C\C/C=C\CCCCC. The molecule has 0 aromatic rings. The minimum atomic E-state index is -0.825. The molecule has 1 atom stereocenters. The monoisotopic (exact) mass is 969 g/mol. The highest BCUT2D eigenvalue weighted by Gasteiger charge is 2.19. The Bertz CT molecular complexity index is 1490. The average molecular weight is 970 g/mol. The van der Waals surface area contributed by atoms with E-state index in [1.807, 2.05) is 0 Å². The van der Waals surface area contributed by atoms with Gasteiger partial charge in [-0.15, -0.1) is 0 Å². The molecular weight excluding hydrogens is 865 g/mol. The molecule has 0 aliphatic carbocycles. The molecule has 0 aliphatic heterocycles. The topological polar surface area (TPSA) is 78.9 Å². The van der Waals surface area contributed by atoms with Crippen LogP contribution in [-0.2, 0) is 28.6 Å². The van der Waals surface area contributed by atoms with Crippen molar-refractivity contribution in [2.75, 3.05) is 13.2 Å². The van der Waals surface area contributed by atoms with Crippen LogP contribution in [0.25, 0.3) is 0 Å². The van der Waals surface area contributed by atoms with E-state index in [1.54, 1.807) is 0 Å². The third kappa shape index (κ3) is 54.7. The van der Waals surface area contributed by atoms with Gasteiger partial charge < -0.3 is 14.2 Å². The van der Waals surface area contributed by atoms with Gasteiger partial charge in [0.25, 0.3) is 0 Å². The lowest BCUT2D eigenvalue weighted by molar-refractivity contribution is -0.167. The fraction of sp³-hybridized carbons (Fsp3) is 0.641. The molecule has 0 fully saturated rings. The van der Waals surface area contributed by atoms with Crippen molar-refractivity contribution in [3.63, 3.8) is 0 Å². The maximum atomic E-state index is 12.8. The molecule has 0 aliphatic rings. The Hall–Kier alpha value is -4.19. The predicted molar refractivity (Wildman–Crippen MR) is 302 cm³/mol. The fourth-order valence-electron chi connectivity index (χ4n) is 7.42. The lowest BCUT2D eigenvalue weighted by Crippen LogP contribution is -2.30. The molecule has 6 heteroatoms. The molecule has 0 aromatic carbocycles. The minimum Gasteiger partial charge on any atom is -0.462 e. The van der Waals surface area contributed by atoms with Crippen LogP contribution in [-0.4, -0.2) is 37.2 Å². The van der Waals surface area contributed by atoms with E-state index >= 15 is 0 Å². The van der Waals surface area contributed by atoms with Crippen molar-refractivity contribution in [1.29, 1.82) is 0 Å².